The average molecular weight is 939 g/mol. The molecule has 1 aromatic heterocycles. The van der Waals surface area contributed by atoms with Crippen LogP contribution in [-0.2, 0) is 51.3 Å². The van der Waals surface area contributed by atoms with Gasteiger partial charge in [0.1, 0.15) is 36.7 Å². The molecule has 2 aromatic carbocycles. The van der Waals surface area contributed by atoms with Crippen LogP contribution in [0.25, 0.3) is 6.08 Å². The first-order chi connectivity index (χ1) is 32.8. The number of aliphatic hydroxyl groups excluding tert-OH is 3. The number of ketones is 1. The second-order valence-corrected chi connectivity index (χ2v) is 16.9. The number of hydrogen-bond donors (Lipinski definition) is 6. The number of nitrogens with one attached hydrogen (secondary N) is 2. The fourth-order valence-electron chi connectivity index (χ4n) is 8.06. The van der Waals surface area contributed by atoms with E-state index >= 15 is 0 Å². The van der Waals surface area contributed by atoms with E-state index < -0.39 is 60.1 Å². The van der Waals surface area contributed by atoms with E-state index in [9.17, 15) is 48.9 Å². The van der Waals surface area contributed by atoms with Gasteiger partial charge in [0.2, 0.25) is 18.1 Å². The first-order valence-corrected chi connectivity index (χ1v) is 22.7. The summed E-state index contributed by atoms with van der Waals surface area (Å²) in [5.41, 5.74) is 8.11. The van der Waals surface area contributed by atoms with Crippen LogP contribution in [0.3, 0.4) is 0 Å². The van der Waals surface area contributed by atoms with E-state index in [0.717, 1.165) is 54.7 Å². The first kappa shape index (κ1) is 50.8. The van der Waals surface area contributed by atoms with Crippen LogP contribution in [0, 0.1) is 5.92 Å². The monoisotopic (exact) mass is 938 g/mol. The highest BCUT2D eigenvalue weighted by Gasteiger charge is 2.39. The molecule has 0 saturated carbocycles. The number of aliphatic hydroxyl groups is 3. The molecule has 19 heteroatoms. The Kier molecular flexibility index (Phi) is 18.6. The minimum atomic E-state index is -1.64. The highest BCUT2D eigenvalue weighted by Crippen LogP contribution is 2.31. The summed E-state index contributed by atoms with van der Waals surface area (Å²) in [4.78, 5) is 95.6. The lowest BCUT2D eigenvalue weighted by Gasteiger charge is -2.35. The van der Waals surface area contributed by atoms with Crippen molar-refractivity contribution in [3.63, 3.8) is 0 Å². The number of ether oxygens (including phenoxy) is 3. The van der Waals surface area contributed by atoms with Gasteiger partial charge < -0.3 is 50.8 Å². The van der Waals surface area contributed by atoms with Gasteiger partial charge in [-0.05, 0) is 84.7 Å². The van der Waals surface area contributed by atoms with Crippen molar-refractivity contribution in [3.8, 4) is 5.75 Å². The molecule has 362 valence electrons. The number of nitrogens with two attached hydrogens (primary N) is 1. The van der Waals surface area contributed by atoms with Gasteiger partial charge in [0.25, 0.3) is 17.7 Å². The van der Waals surface area contributed by atoms with Gasteiger partial charge in [-0.25, -0.2) is 0 Å². The number of carbonyl (C=O) groups excluding carboxylic acids is 7. The third kappa shape index (κ3) is 14.4. The Labute approximate surface area is 393 Å². The van der Waals surface area contributed by atoms with Gasteiger partial charge in [0, 0.05) is 75.2 Å². The molecule has 68 heavy (non-hydrogen) atoms. The van der Waals surface area contributed by atoms with E-state index in [0.29, 0.717) is 42.2 Å². The molecule has 5 amide bonds. The molecule has 5 atom stereocenters. The Balaban J connectivity index is 0.965. The lowest BCUT2D eigenvalue weighted by molar-refractivity contribution is -0.241. The molecule has 2 saturated heterocycles. The number of anilines is 1. The maximum absolute atomic E-state index is 13.5. The van der Waals surface area contributed by atoms with Crippen LogP contribution in [0.4, 0.5) is 5.69 Å². The van der Waals surface area contributed by atoms with Crippen LogP contribution in [0.5, 0.6) is 5.75 Å². The van der Waals surface area contributed by atoms with Crippen molar-refractivity contribution in [1.29, 1.82) is 0 Å². The van der Waals surface area contributed by atoms with Gasteiger partial charge in [-0.1, -0.05) is 37.1 Å². The lowest BCUT2D eigenvalue weighted by Crippen LogP contribution is -2.54. The quantitative estimate of drug-likeness (QED) is 0.0364. The molecule has 3 aliphatic heterocycles. The molecule has 6 rings (SSSR count). The molecule has 7 N–H and O–H groups in total. The summed E-state index contributed by atoms with van der Waals surface area (Å²) in [6, 6.07) is 13.8. The number of rotatable bonds is 22. The van der Waals surface area contributed by atoms with E-state index in [1.54, 1.807) is 48.8 Å². The number of benzene rings is 2. The highest BCUT2D eigenvalue weighted by molar-refractivity contribution is 6.15. The number of carbonyl (C=O) groups is 7. The zero-order chi connectivity index (χ0) is 48.6. The Morgan fingerprint density at radius 3 is 2.43 bits per heavy atom. The second-order valence-electron chi connectivity index (χ2n) is 16.9. The third-order valence-corrected chi connectivity index (χ3v) is 11.9. The molecular weight excluding hydrogens is 881 g/mol. The van der Waals surface area contributed by atoms with E-state index in [1.165, 1.54) is 18.2 Å². The van der Waals surface area contributed by atoms with Crippen LogP contribution in [-0.4, -0.2) is 135 Å². The Morgan fingerprint density at radius 1 is 0.912 bits per heavy atom. The number of pyridine rings is 1. The van der Waals surface area contributed by atoms with Crippen molar-refractivity contribution in [3.05, 3.63) is 107 Å². The maximum atomic E-state index is 13.5. The van der Waals surface area contributed by atoms with Gasteiger partial charge in [-0.2, -0.15) is 0 Å². The summed E-state index contributed by atoms with van der Waals surface area (Å²) in [7, 11) is 0. The number of aromatic nitrogens is 1. The van der Waals surface area contributed by atoms with Crippen molar-refractivity contribution in [1.82, 2.24) is 20.1 Å². The van der Waals surface area contributed by atoms with Crippen LogP contribution in [0.15, 0.2) is 85.2 Å². The van der Waals surface area contributed by atoms with Gasteiger partial charge >= 0.3 is 5.97 Å². The maximum Gasteiger partial charge on any atom is 0.310 e. The number of nitrogens with zero attached hydrogens (tertiary/aromatic N) is 3. The summed E-state index contributed by atoms with van der Waals surface area (Å²) in [6.45, 7) is 0.988. The zero-order valence-corrected chi connectivity index (χ0v) is 37.6. The number of esters is 1. The van der Waals surface area contributed by atoms with Gasteiger partial charge in [0.05, 0.1) is 18.7 Å². The van der Waals surface area contributed by atoms with Crippen LogP contribution in [0.2, 0.25) is 0 Å². The van der Waals surface area contributed by atoms with E-state index in [4.69, 9.17) is 19.9 Å². The van der Waals surface area contributed by atoms with Crippen molar-refractivity contribution in [2.75, 3.05) is 38.1 Å². The molecule has 4 heterocycles. The van der Waals surface area contributed by atoms with E-state index in [2.05, 4.69) is 15.6 Å². The smallest absolute Gasteiger partial charge is 0.310 e. The second kappa shape index (κ2) is 24.9. The molecule has 3 unspecified atom stereocenters. The Hall–Kier alpha value is -6.64. The number of piperidine rings is 1. The molecule has 19 nitrogen and oxygen atoms in total. The minimum absolute atomic E-state index is 0.00804. The van der Waals surface area contributed by atoms with Gasteiger partial charge in [0.15, 0.2) is 5.78 Å². The van der Waals surface area contributed by atoms with Crippen molar-refractivity contribution in [2.45, 2.75) is 95.0 Å². The average Bonchev–Trinajstić information content (AvgIpc) is 3.67. The third-order valence-electron chi connectivity index (χ3n) is 11.9. The lowest BCUT2D eigenvalue weighted by atomic mass is 9.91. The van der Waals surface area contributed by atoms with Crippen molar-refractivity contribution < 1.29 is 63.1 Å². The summed E-state index contributed by atoms with van der Waals surface area (Å²) in [5, 5.41) is 36.2. The molecule has 0 radical (unpaired) electrons. The molecular formula is C49H58N6O13. The normalized spacial score (nSPS) is 20.1. The van der Waals surface area contributed by atoms with Crippen LogP contribution in [0.1, 0.15) is 78.4 Å². The first-order valence-electron chi connectivity index (χ1n) is 22.7. The molecule has 0 bridgehead atoms. The summed E-state index contributed by atoms with van der Waals surface area (Å²) in [6.07, 6.45) is 6.89. The number of hydrogen-bond acceptors (Lipinski definition) is 15. The minimum Gasteiger partial charge on any atom is -0.461 e. The fourth-order valence-corrected chi connectivity index (χ4v) is 8.06. The predicted octanol–water partition coefficient (Wildman–Crippen LogP) is 1.97. The number of likely N-dealkylation sites (tertiary alicyclic amines) is 1. The van der Waals surface area contributed by atoms with Crippen LogP contribution < -0.4 is 21.1 Å². The number of unbranched alkanes of at least 4 members (excludes halogenated alkanes) is 1. The number of amides is 5. The number of Topliss-reactive ketones (excluding diaryl/α,β-unsaturated/α-hetero) is 1. The standard InChI is InChI=1S/C49H58N6O13/c50-27-37(55-43(60)16-17-44(55)61)38(56)10-4-11-42(59)53-36-25-34(12-14-40(36)68-49-47(64)46(63)39(57)30-67-49)29-66-45(62)26-33-7-3-9-35(24-33)48(65)54-22-18-31(19-23-54)6-1-2-21-52-41(58)15-13-32-8-5-20-51-28-32/h3,5,7-9,12-17,20,24-25,28,31,37,39,46-47,49,57,63-64H,1-2,4,6,10-11,18-19,21-23,26-27,29-30,50H2,(H,52,58)(H,53,59)/b15-13+/t37?,39?,46-,47-,49?/m0/s1. The topological polar surface area (TPSA) is 277 Å². The molecule has 0 spiro atoms. The fraction of sp³-hybridized carbons (Fsp3) is 0.429. The molecule has 0 aliphatic carbocycles. The van der Waals surface area contributed by atoms with E-state index in [-0.39, 0.29) is 68.7 Å². The predicted molar refractivity (Wildman–Crippen MR) is 245 cm³/mol. The Bertz CT molecular complexity index is 2320. The van der Waals surface area contributed by atoms with E-state index in [1.807, 2.05) is 17.0 Å². The zero-order valence-electron chi connectivity index (χ0n) is 37.6. The number of imide groups is 1. The van der Waals surface area contributed by atoms with Crippen molar-refractivity contribution >= 4 is 53.1 Å². The largest absolute Gasteiger partial charge is 0.461 e. The summed E-state index contributed by atoms with van der Waals surface area (Å²) < 4.78 is 16.8. The van der Waals surface area contributed by atoms with Gasteiger partial charge in [-0.3, -0.25) is 43.4 Å². The summed E-state index contributed by atoms with van der Waals surface area (Å²) in [5.74, 6) is -2.70. The van der Waals surface area contributed by atoms with Crippen molar-refractivity contribution in [2.24, 2.45) is 11.7 Å². The molecule has 3 aliphatic rings. The molecule has 3 aromatic rings. The Morgan fingerprint density at radius 2 is 1.69 bits per heavy atom. The highest BCUT2D eigenvalue weighted by atomic mass is 16.7. The molecule has 2 fully saturated rings. The van der Waals surface area contributed by atoms with Gasteiger partial charge in [-0.15, -0.1) is 0 Å². The summed E-state index contributed by atoms with van der Waals surface area (Å²) >= 11 is 0. The SMILES string of the molecule is NCC(C(=O)CCCC(=O)Nc1cc(COC(=O)Cc2cccc(C(=O)N3CCC(CCCCNC(=O)/C=C/c4cccnc4)CC3)c2)ccc1OC1OCC(O)[C@H](O)[C@@H]1O)N1C(=O)C=CC1=O. The van der Waals surface area contributed by atoms with Crippen LogP contribution >= 0.6 is 0 Å².